The maximum atomic E-state index is 12.8. The lowest BCUT2D eigenvalue weighted by atomic mass is 10.1. The van der Waals surface area contributed by atoms with Crippen LogP contribution in [-0.4, -0.2) is 37.2 Å². The monoisotopic (exact) mass is 400 g/mol. The van der Waals surface area contributed by atoms with Crippen LogP contribution in [0.3, 0.4) is 0 Å². The third-order valence-electron chi connectivity index (χ3n) is 5.01. The highest BCUT2D eigenvalue weighted by atomic mass is 16.3. The number of nitrogens with one attached hydrogen (secondary N) is 1. The molecule has 0 aliphatic heterocycles. The van der Waals surface area contributed by atoms with Crippen molar-refractivity contribution in [2.24, 2.45) is 0 Å². The van der Waals surface area contributed by atoms with Crippen LogP contribution in [0.4, 0.5) is 0 Å². The first-order valence-corrected chi connectivity index (χ1v) is 9.93. The number of furan rings is 1. The Hall–Kier alpha value is -3.81. The third-order valence-corrected chi connectivity index (χ3v) is 5.01. The van der Waals surface area contributed by atoms with Gasteiger partial charge in [0.15, 0.2) is 5.76 Å². The van der Waals surface area contributed by atoms with Gasteiger partial charge in [-0.3, -0.25) is 9.78 Å². The second-order valence-corrected chi connectivity index (χ2v) is 7.18. The number of hydrogen-bond donors (Lipinski definition) is 1. The quantitative estimate of drug-likeness (QED) is 0.512. The molecule has 0 radical (unpaired) electrons. The molecular formula is C22H20N6O2. The summed E-state index contributed by atoms with van der Waals surface area (Å²) >= 11 is 0. The topological polar surface area (TPSA) is 98.7 Å². The van der Waals surface area contributed by atoms with Gasteiger partial charge in [0.2, 0.25) is 0 Å². The number of amides is 1. The van der Waals surface area contributed by atoms with Crippen molar-refractivity contribution in [3.05, 3.63) is 78.2 Å². The molecule has 8 nitrogen and oxygen atoms in total. The lowest BCUT2D eigenvalue weighted by molar-refractivity contribution is 0.0953. The molecule has 1 aliphatic carbocycles. The minimum atomic E-state index is -0.138. The molecule has 0 aromatic carbocycles. The van der Waals surface area contributed by atoms with Gasteiger partial charge in [0.25, 0.3) is 11.9 Å². The maximum Gasteiger partial charge on any atom is 0.254 e. The molecule has 1 saturated carbocycles. The van der Waals surface area contributed by atoms with Crippen molar-refractivity contribution in [1.29, 1.82) is 0 Å². The van der Waals surface area contributed by atoms with E-state index < -0.39 is 0 Å². The van der Waals surface area contributed by atoms with Crippen molar-refractivity contribution in [2.45, 2.75) is 25.2 Å². The molecule has 0 saturated heterocycles. The first kappa shape index (κ1) is 18.2. The van der Waals surface area contributed by atoms with Crippen LogP contribution in [-0.2, 0) is 6.42 Å². The van der Waals surface area contributed by atoms with Crippen molar-refractivity contribution in [1.82, 2.24) is 30.0 Å². The van der Waals surface area contributed by atoms with Crippen molar-refractivity contribution < 1.29 is 9.21 Å². The summed E-state index contributed by atoms with van der Waals surface area (Å²) in [6.45, 7) is 0.510. The fourth-order valence-electron chi connectivity index (χ4n) is 3.40. The molecule has 5 rings (SSSR count). The summed E-state index contributed by atoms with van der Waals surface area (Å²) in [6.07, 6.45) is 9.36. The molecule has 1 fully saturated rings. The summed E-state index contributed by atoms with van der Waals surface area (Å²) in [5, 5.41) is 7.43. The van der Waals surface area contributed by atoms with E-state index in [1.807, 2.05) is 30.3 Å². The first-order chi connectivity index (χ1) is 14.8. The predicted octanol–water partition coefficient (Wildman–Crippen LogP) is 3.17. The fourth-order valence-corrected chi connectivity index (χ4v) is 3.40. The zero-order chi connectivity index (χ0) is 20.3. The second kappa shape index (κ2) is 7.90. The molecule has 0 atom stereocenters. The lowest BCUT2D eigenvalue weighted by Gasteiger charge is -2.09. The van der Waals surface area contributed by atoms with Gasteiger partial charge in [-0.25, -0.2) is 14.6 Å². The Kier molecular flexibility index (Phi) is 4.80. The van der Waals surface area contributed by atoms with Crippen molar-refractivity contribution in [2.75, 3.05) is 6.54 Å². The molecule has 0 unspecified atom stereocenters. The molecular weight excluding hydrogens is 380 g/mol. The van der Waals surface area contributed by atoms with Gasteiger partial charge in [-0.15, -0.1) is 0 Å². The van der Waals surface area contributed by atoms with Crippen LogP contribution in [0.5, 0.6) is 0 Å². The molecule has 1 N–H and O–H groups in total. The normalized spacial score (nSPS) is 13.3. The Morgan fingerprint density at radius 2 is 2.07 bits per heavy atom. The average Bonchev–Trinajstić information content (AvgIpc) is 3.28. The summed E-state index contributed by atoms with van der Waals surface area (Å²) in [7, 11) is 0. The van der Waals surface area contributed by atoms with Crippen molar-refractivity contribution in [3.8, 4) is 17.4 Å². The Morgan fingerprint density at radius 1 is 1.13 bits per heavy atom. The van der Waals surface area contributed by atoms with Crippen LogP contribution in [0, 0.1) is 0 Å². The molecule has 150 valence electrons. The average molecular weight is 400 g/mol. The van der Waals surface area contributed by atoms with E-state index in [9.17, 15) is 4.79 Å². The van der Waals surface area contributed by atoms with Crippen LogP contribution in [0.2, 0.25) is 0 Å². The molecule has 30 heavy (non-hydrogen) atoms. The van der Waals surface area contributed by atoms with Crippen LogP contribution < -0.4 is 5.32 Å². The summed E-state index contributed by atoms with van der Waals surface area (Å²) in [5.41, 5.74) is 3.05. The minimum absolute atomic E-state index is 0.138. The molecule has 8 heteroatoms. The summed E-state index contributed by atoms with van der Waals surface area (Å²) in [6, 6.07) is 11.2. The number of carbonyl (C=O) groups excluding carboxylic acids is 1. The molecule has 0 spiro atoms. The Bertz CT molecular complexity index is 1150. The van der Waals surface area contributed by atoms with Gasteiger partial charge in [-0.2, -0.15) is 5.10 Å². The van der Waals surface area contributed by atoms with E-state index in [-0.39, 0.29) is 5.91 Å². The van der Waals surface area contributed by atoms with E-state index in [1.54, 1.807) is 35.6 Å². The summed E-state index contributed by atoms with van der Waals surface area (Å²) in [5.74, 6) is 1.24. The van der Waals surface area contributed by atoms with Crippen molar-refractivity contribution in [3.63, 3.8) is 0 Å². The van der Waals surface area contributed by atoms with Gasteiger partial charge >= 0.3 is 0 Å². The van der Waals surface area contributed by atoms with E-state index in [0.717, 1.165) is 24.2 Å². The number of carbonyl (C=O) groups is 1. The van der Waals surface area contributed by atoms with Gasteiger partial charge < -0.3 is 9.73 Å². The van der Waals surface area contributed by atoms with Crippen LogP contribution in [0.1, 0.15) is 40.5 Å². The van der Waals surface area contributed by atoms with Crippen LogP contribution in [0.15, 0.2) is 65.7 Å². The first-order valence-electron chi connectivity index (χ1n) is 9.93. The number of rotatable bonds is 7. The SMILES string of the molecule is O=C(NCCc1ccccn1)c1cnn(-c2nccc(-c3ccco3)n2)c1C1CC1. The molecule has 1 aliphatic rings. The highest BCUT2D eigenvalue weighted by molar-refractivity contribution is 5.95. The Morgan fingerprint density at radius 3 is 2.83 bits per heavy atom. The highest BCUT2D eigenvalue weighted by Crippen LogP contribution is 2.42. The number of nitrogens with zero attached hydrogens (tertiary/aromatic N) is 5. The van der Waals surface area contributed by atoms with E-state index in [1.165, 1.54) is 0 Å². The fraction of sp³-hybridized carbons (Fsp3) is 0.227. The molecule has 0 bridgehead atoms. The molecule has 4 heterocycles. The van der Waals surface area contributed by atoms with Gasteiger partial charge in [-0.1, -0.05) is 6.07 Å². The smallest absolute Gasteiger partial charge is 0.254 e. The van der Waals surface area contributed by atoms with E-state index in [0.29, 0.717) is 41.8 Å². The van der Waals surface area contributed by atoms with Gasteiger partial charge in [0.05, 0.1) is 23.7 Å². The molecule has 4 aromatic heterocycles. The number of hydrogen-bond acceptors (Lipinski definition) is 6. The van der Waals surface area contributed by atoms with Gasteiger partial charge in [0, 0.05) is 37.0 Å². The van der Waals surface area contributed by atoms with Crippen LogP contribution >= 0.6 is 0 Å². The molecule has 4 aromatic rings. The van der Waals surface area contributed by atoms with E-state index >= 15 is 0 Å². The number of aromatic nitrogens is 5. The second-order valence-electron chi connectivity index (χ2n) is 7.18. The Balaban J connectivity index is 1.38. The standard InChI is InChI=1S/C22H20N6O2/c29-21(24-11-8-16-4-1-2-10-23-16)17-14-26-28(20(17)15-6-7-15)22-25-12-9-18(27-22)19-5-3-13-30-19/h1-5,9-10,12-15H,6-8,11H2,(H,24,29). The largest absolute Gasteiger partial charge is 0.463 e. The summed E-state index contributed by atoms with van der Waals surface area (Å²) in [4.78, 5) is 26.1. The zero-order valence-corrected chi connectivity index (χ0v) is 16.2. The minimum Gasteiger partial charge on any atom is -0.463 e. The highest BCUT2D eigenvalue weighted by Gasteiger charge is 2.33. The van der Waals surface area contributed by atoms with Crippen molar-refractivity contribution >= 4 is 5.91 Å². The maximum absolute atomic E-state index is 12.8. The third kappa shape index (κ3) is 3.71. The predicted molar refractivity (Wildman–Crippen MR) is 109 cm³/mol. The lowest BCUT2D eigenvalue weighted by Crippen LogP contribution is -2.26. The summed E-state index contributed by atoms with van der Waals surface area (Å²) < 4.78 is 7.11. The molecule has 1 amide bonds. The van der Waals surface area contributed by atoms with E-state index in [4.69, 9.17) is 4.42 Å². The zero-order valence-electron chi connectivity index (χ0n) is 16.2. The van der Waals surface area contributed by atoms with Crippen LogP contribution in [0.25, 0.3) is 17.4 Å². The van der Waals surface area contributed by atoms with E-state index in [2.05, 4.69) is 25.4 Å². The van der Waals surface area contributed by atoms with Gasteiger partial charge in [-0.05, 0) is 43.2 Å². The van der Waals surface area contributed by atoms with Gasteiger partial charge in [0.1, 0.15) is 5.69 Å². The Labute approximate surface area is 173 Å². The number of pyridine rings is 1.